The van der Waals surface area contributed by atoms with Crippen molar-refractivity contribution in [1.82, 2.24) is 0 Å². The summed E-state index contributed by atoms with van der Waals surface area (Å²) in [5, 5.41) is 9.18. The molecule has 1 N–H and O–H groups in total. The first-order valence-electron chi connectivity index (χ1n) is 6.24. The molecule has 0 unspecified atom stereocenters. The van der Waals surface area contributed by atoms with Crippen molar-refractivity contribution in [1.29, 1.82) is 0 Å². The average molecular weight is 318 g/mol. The van der Waals surface area contributed by atoms with Crippen molar-refractivity contribution in [2.75, 3.05) is 0 Å². The van der Waals surface area contributed by atoms with Gasteiger partial charge in [-0.05, 0) is 0 Å². The van der Waals surface area contributed by atoms with Gasteiger partial charge in [-0.1, -0.05) is 41.5 Å². The summed E-state index contributed by atoms with van der Waals surface area (Å²) in [7, 11) is 0. The van der Waals surface area contributed by atoms with E-state index in [1.165, 1.54) is 5.94 Å². The maximum atomic E-state index is 10.2. The Bertz CT molecular complexity index is 658. The van der Waals surface area contributed by atoms with Crippen LogP contribution in [0.15, 0.2) is 78.9 Å². The Balaban J connectivity index is 0.000000313. The predicted octanol–water partition coefficient (Wildman–Crippen LogP) is 4.21. The van der Waals surface area contributed by atoms with Crippen LogP contribution in [0.4, 0.5) is 0 Å². The molecule has 0 atom stereocenters. The minimum absolute atomic E-state index is 0. The van der Waals surface area contributed by atoms with Gasteiger partial charge in [0.1, 0.15) is 5.76 Å². The number of hydrogen-bond donors (Lipinski definition) is 1. The van der Waals surface area contributed by atoms with Crippen molar-refractivity contribution in [3.05, 3.63) is 84.4 Å². The van der Waals surface area contributed by atoms with E-state index in [2.05, 4.69) is 0 Å². The van der Waals surface area contributed by atoms with E-state index in [0.717, 1.165) is 11.1 Å². The van der Waals surface area contributed by atoms with Gasteiger partial charge in [0.05, 0.1) is 5.94 Å². The predicted molar refractivity (Wildman–Crippen MR) is 81.2 cm³/mol. The Morgan fingerprint density at radius 2 is 1.52 bits per heavy atom. The van der Waals surface area contributed by atoms with Gasteiger partial charge in [-0.2, -0.15) is 6.07 Å². The third-order valence-electron chi connectivity index (χ3n) is 2.79. The SMILES string of the molecule is O=C=C(O)[c-]1ccc(-c2ccccc2)c1.[Fe].[cH-]1[cH-][cH-][cH-][cH-]1. The van der Waals surface area contributed by atoms with Crippen molar-refractivity contribution in [3.63, 3.8) is 0 Å². The molecule has 3 aromatic carbocycles. The number of aliphatic hydroxyl groups is 1. The van der Waals surface area contributed by atoms with Gasteiger partial charge in [-0.15, -0.1) is 17.7 Å². The second kappa shape index (κ2) is 8.78. The number of aliphatic hydroxyl groups excluding tert-OH is 1. The van der Waals surface area contributed by atoms with Crippen molar-refractivity contribution < 1.29 is 27.0 Å². The van der Waals surface area contributed by atoms with Crippen LogP contribution in [-0.2, 0) is 21.9 Å². The zero-order chi connectivity index (χ0) is 14.2. The molecule has 0 aliphatic carbocycles. The molecule has 0 radical (unpaired) electrons. The molecule has 0 bridgehead atoms. The third-order valence-corrected chi connectivity index (χ3v) is 2.79. The van der Waals surface area contributed by atoms with Gasteiger partial charge >= 0.3 is 0 Å². The maximum Gasteiger partial charge on any atom is 0.115 e. The summed E-state index contributed by atoms with van der Waals surface area (Å²) in [5.41, 5.74) is 2.54. The fourth-order valence-electron chi connectivity index (χ4n) is 1.78. The van der Waals surface area contributed by atoms with Gasteiger partial charge in [0.15, 0.2) is 0 Å². The molecule has 21 heavy (non-hydrogen) atoms. The molecule has 0 aliphatic heterocycles. The van der Waals surface area contributed by atoms with Gasteiger partial charge in [0, 0.05) is 17.1 Å². The van der Waals surface area contributed by atoms with E-state index in [4.69, 9.17) is 0 Å². The quantitative estimate of drug-likeness (QED) is 0.333. The molecule has 3 aromatic rings. The Labute approximate surface area is 134 Å². The van der Waals surface area contributed by atoms with Gasteiger partial charge in [0.25, 0.3) is 0 Å². The van der Waals surface area contributed by atoms with Crippen LogP contribution in [0.1, 0.15) is 5.56 Å². The van der Waals surface area contributed by atoms with Crippen LogP contribution in [-0.4, -0.2) is 11.0 Å². The van der Waals surface area contributed by atoms with Crippen molar-refractivity contribution in [3.8, 4) is 11.1 Å². The summed E-state index contributed by atoms with van der Waals surface area (Å²) in [6.45, 7) is 0. The van der Waals surface area contributed by atoms with E-state index in [1.807, 2.05) is 66.7 Å². The molecule has 112 valence electrons. The van der Waals surface area contributed by atoms with Crippen LogP contribution in [0, 0.1) is 0 Å². The largest absolute Gasteiger partial charge is 0.748 e. The molecular formula is C18H14FeO2-6. The van der Waals surface area contributed by atoms with E-state index in [0.29, 0.717) is 5.56 Å². The van der Waals surface area contributed by atoms with E-state index in [1.54, 1.807) is 12.1 Å². The molecule has 3 heteroatoms. The molecule has 0 fully saturated rings. The molecule has 3 rings (SSSR count). The third kappa shape index (κ3) is 4.94. The summed E-state index contributed by atoms with van der Waals surface area (Å²) >= 11 is 0. The van der Waals surface area contributed by atoms with Crippen LogP contribution in [0.5, 0.6) is 0 Å². The molecule has 2 nitrogen and oxygen atoms in total. The molecule has 0 aromatic heterocycles. The zero-order valence-electron chi connectivity index (χ0n) is 11.2. The first-order chi connectivity index (χ1) is 9.81. The Morgan fingerprint density at radius 1 is 0.952 bits per heavy atom. The van der Waals surface area contributed by atoms with E-state index < -0.39 is 0 Å². The number of hydrogen-bond acceptors (Lipinski definition) is 2. The van der Waals surface area contributed by atoms with E-state index in [9.17, 15) is 9.90 Å². The van der Waals surface area contributed by atoms with Crippen molar-refractivity contribution in [2.45, 2.75) is 0 Å². The summed E-state index contributed by atoms with van der Waals surface area (Å²) in [6, 6.07) is 25.1. The summed E-state index contributed by atoms with van der Waals surface area (Å²) in [5.74, 6) is 1.12. The number of carbonyl (C=O) groups excluding carboxylic acids is 1. The standard InChI is InChI=1S/C13H9O2.C5H5.Fe/c14-9-13(15)12-7-6-11(8-12)10-4-2-1-3-5-10;1-2-4-5-3-1;/h1-8,15H;1-5H;/q-1;-5;. The van der Waals surface area contributed by atoms with Crippen molar-refractivity contribution >= 4 is 11.7 Å². The monoisotopic (exact) mass is 318 g/mol. The average Bonchev–Trinajstić information content (AvgIpc) is 3.21. The molecule has 0 amide bonds. The normalized spacial score (nSPS) is 8.76. The van der Waals surface area contributed by atoms with Gasteiger partial charge < -0.3 is 35.4 Å². The second-order valence-electron chi connectivity index (χ2n) is 4.17. The summed E-state index contributed by atoms with van der Waals surface area (Å²) in [4.78, 5) is 10.2. The molecule has 0 spiro atoms. The molecular weight excluding hydrogens is 304 g/mol. The van der Waals surface area contributed by atoms with Crippen LogP contribution < -0.4 is 0 Å². The van der Waals surface area contributed by atoms with Gasteiger partial charge in [-0.3, -0.25) is 4.79 Å². The van der Waals surface area contributed by atoms with E-state index in [-0.39, 0.29) is 22.8 Å². The van der Waals surface area contributed by atoms with Crippen LogP contribution in [0.2, 0.25) is 0 Å². The Kier molecular flexibility index (Phi) is 7.00. The first kappa shape index (κ1) is 16.7. The van der Waals surface area contributed by atoms with Gasteiger partial charge in [0.2, 0.25) is 0 Å². The smallest absolute Gasteiger partial charge is 0.115 e. The Morgan fingerprint density at radius 3 is 2.05 bits per heavy atom. The molecule has 0 saturated carbocycles. The van der Waals surface area contributed by atoms with Gasteiger partial charge in [-0.25, -0.2) is 0 Å². The second-order valence-corrected chi connectivity index (χ2v) is 4.17. The van der Waals surface area contributed by atoms with Crippen LogP contribution in [0.25, 0.3) is 16.9 Å². The molecule has 0 saturated heterocycles. The Hall–Kier alpha value is -2.31. The maximum absolute atomic E-state index is 10.2. The first-order valence-corrected chi connectivity index (χ1v) is 6.24. The fourth-order valence-corrected chi connectivity index (χ4v) is 1.78. The topological polar surface area (TPSA) is 37.3 Å². The minimum atomic E-state index is -0.350. The van der Waals surface area contributed by atoms with Crippen LogP contribution in [0.3, 0.4) is 0 Å². The van der Waals surface area contributed by atoms with Crippen LogP contribution >= 0.6 is 0 Å². The zero-order valence-corrected chi connectivity index (χ0v) is 12.3. The molecule has 0 aliphatic rings. The van der Waals surface area contributed by atoms with E-state index >= 15 is 0 Å². The number of benzene rings is 1. The number of rotatable bonds is 2. The van der Waals surface area contributed by atoms with Crippen molar-refractivity contribution in [2.24, 2.45) is 0 Å². The minimum Gasteiger partial charge on any atom is -0.748 e. The summed E-state index contributed by atoms with van der Waals surface area (Å²) in [6.07, 6.45) is 0. The summed E-state index contributed by atoms with van der Waals surface area (Å²) < 4.78 is 0. The fraction of sp³-hybridized carbons (Fsp3) is 0. The molecule has 0 heterocycles.